The number of halogens is 6. The maximum atomic E-state index is 13.4. The third-order valence-electron chi connectivity index (χ3n) is 6.78. The van der Waals surface area contributed by atoms with E-state index in [-0.39, 0.29) is 17.2 Å². The molecule has 1 aromatic heterocycles. The lowest BCUT2D eigenvalue weighted by Gasteiger charge is -2.34. The molecule has 0 saturated carbocycles. The molecule has 3 aromatic rings. The topological polar surface area (TPSA) is 48.5 Å². The standard InChI is InChI=1S/C28H28F6N4O/c1-17-6-4-5-7-22(17)23-15-24(38-10-8-37(3)9-11-38)36-18(2)25(23)26(39)35-16-19-12-20(27(29,30)31)14-21(13-19)28(32,33)34/h4-7,12-15H,8-11,16H2,1-3H3,(H,35,39). The highest BCUT2D eigenvalue weighted by Gasteiger charge is 2.37. The van der Waals surface area contributed by atoms with E-state index in [1.807, 2.05) is 44.3 Å². The van der Waals surface area contributed by atoms with Crippen molar-refractivity contribution >= 4 is 11.7 Å². The SMILES string of the molecule is Cc1ccccc1-c1cc(N2CCN(C)CC2)nc(C)c1C(=O)NCc1cc(C(F)(F)F)cc(C(F)(F)F)c1. The van der Waals surface area contributed by atoms with Crippen LogP contribution in [0.2, 0.25) is 0 Å². The number of alkyl halides is 6. The molecule has 0 spiro atoms. The number of piperazine rings is 1. The van der Waals surface area contributed by atoms with Gasteiger partial charge >= 0.3 is 12.4 Å². The third kappa shape index (κ3) is 6.52. The van der Waals surface area contributed by atoms with Gasteiger partial charge in [0.1, 0.15) is 5.82 Å². The van der Waals surface area contributed by atoms with Crippen LogP contribution in [0.1, 0.15) is 38.3 Å². The van der Waals surface area contributed by atoms with Crippen LogP contribution in [0.15, 0.2) is 48.5 Å². The van der Waals surface area contributed by atoms with Gasteiger partial charge in [-0.15, -0.1) is 0 Å². The molecular formula is C28H28F6N4O. The molecule has 0 unspecified atom stereocenters. The van der Waals surface area contributed by atoms with Crippen molar-refractivity contribution < 1.29 is 31.1 Å². The van der Waals surface area contributed by atoms with Crippen molar-refractivity contribution in [2.24, 2.45) is 0 Å². The lowest BCUT2D eigenvalue weighted by atomic mass is 9.94. The smallest absolute Gasteiger partial charge is 0.354 e. The van der Waals surface area contributed by atoms with E-state index in [4.69, 9.17) is 0 Å². The van der Waals surface area contributed by atoms with Crippen molar-refractivity contribution in [3.05, 3.63) is 82.0 Å². The molecule has 0 bridgehead atoms. The maximum absolute atomic E-state index is 13.4. The molecule has 0 atom stereocenters. The highest BCUT2D eigenvalue weighted by Crippen LogP contribution is 2.37. The number of aryl methyl sites for hydroxylation is 2. The van der Waals surface area contributed by atoms with E-state index in [0.717, 1.165) is 37.3 Å². The van der Waals surface area contributed by atoms with E-state index in [1.54, 1.807) is 6.92 Å². The molecule has 11 heteroatoms. The number of carbonyl (C=O) groups is 1. The van der Waals surface area contributed by atoms with Gasteiger partial charge in [0.05, 0.1) is 22.4 Å². The Bertz CT molecular complexity index is 1330. The first-order valence-electron chi connectivity index (χ1n) is 12.3. The minimum absolute atomic E-state index is 0.0623. The van der Waals surface area contributed by atoms with E-state index < -0.39 is 35.9 Å². The van der Waals surface area contributed by atoms with Crippen LogP contribution in [-0.4, -0.2) is 49.0 Å². The Labute approximate surface area is 222 Å². The first-order chi connectivity index (χ1) is 18.2. The Kier molecular flexibility index (Phi) is 7.92. The van der Waals surface area contributed by atoms with Crippen molar-refractivity contribution in [2.45, 2.75) is 32.7 Å². The molecule has 1 amide bonds. The second kappa shape index (κ2) is 10.9. The van der Waals surface area contributed by atoms with Crippen LogP contribution >= 0.6 is 0 Å². The molecular weight excluding hydrogens is 522 g/mol. The second-order valence-electron chi connectivity index (χ2n) is 9.69. The molecule has 2 heterocycles. The average molecular weight is 551 g/mol. The minimum Gasteiger partial charge on any atom is -0.354 e. The largest absolute Gasteiger partial charge is 0.416 e. The zero-order valence-electron chi connectivity index (χ0n) is 21.7. The molecule has 1 aliphatic heterocycles. The molecule has 1 aliphatic rings. The first-order valence-corrected chi connectivity index (χ1v) is 12.3. The number of likely N-dealkylation sites (N-methyl/N-ethyl adjacent to an activating group) is 1. The Hall–Kier alpha value is -3.60. The van der Waals surface area contributed by atoms with Crippen molar-refractivity contribution in [2.75, 3.05) is 38.1 Å². The van der Waals surface area contributed by atoms with Gasteiger partial charge in [-0.25, -0.2) is 4.98 Å². The Morgan fingerprint density at radius 2 is 1.46 bits per heavy atom. The average Bonchev–Trinajstić information content (AvgIpc) is 2.86. The summed E-state index contributed by atoms with van der Waals surface area (Å²) >= 11 is 0. The van der Waals surface area contributed by atoms with E-state index in [1.165, 1.54) is 0 Å². The number of anilines is 1. The molecule has 0 radical (unpaired) electrons. The molecule has 0 aliphatic carbocycles. The number of hydrogen-bond donors (Lipinski definition) is 1. The number of carbonyl (C=O) groups excluding carboxylic acids is 1. The Morgan fingerprint density at radius 3 is 2.03 bits per heavy atom. The summed E-state index contributed by atoms with van der Waals surface area (Å²) in [5.74, 6) is 0.0530. The first kappa shape index (κ1) is 28.4. The van der Waals surface area contributed by atoms with Crippen LogP contribution in [0.4, 0.5) is 32.2 Å². The van der Waals surface area contributed by atoms with Gasteiger partial charge in [0.25, 0.3) is 5.91 Å². The summed E-state index contributed by atoms with van der Waals surface area (Å²) in [5, 5.41) is 2.51. The van der Waals surface area contributed by atoms with Gasteiger partial charge in [0, 0.05) is 38.3 Å². The Balaban J connectivity index is 1.70. The number of amides is 1. The lowest BCUT2D eigenvalue weighted by Crippen LogP contribution is -2.45. The predicted octanol–water partition coefficient (Wildman–Crippen LogP) is 6.08. The van der Waals surface area contributed by atoms with Crippen molar-refractivity contribution in [1.82, 2.24) is 15.2 Å². The van der Waals surface area contributed by atoms with E-state index in [9.17, 15) is 31.1 Å². The van der Waals surface area contributed by atoms with Crippen LogP contribution in [0.25, 0.3) is 11.1 Å². The highest BCUT2D eigenvalue weighted by atomic mass is 19.4. The summed E-state index contributed by atoms with van der Waals surface area (Å²) in [6.45, 7) is 6.22. The van der Waals surface area contributed by atoms with E-state index >= 15 is 0 Å². The van der Waals surface area contributed by atoms with Gasteiger partial charge in [-0.2, -0.15) is 26.3 Å². The predicted molar refractivity (Wildman–Crippen MR) is 136 cm³/mol. The quantitative estimate of drug-likeness (QED) is 0.391. The summed E-state index contributed by atoms with van der Waals surface area (Å²) in [6.07, 6.45) is -9.95. The second-order valence-corrected chi connectivity index (χ2v) is 9.69. The Morgan fingerprint density at radius 1 is 0.872 bits per heavy atom. The van der Waals surface area contributed by atoms with Gasteiger partial charge in [-0.3, -0.25) is 4.79 Å². The highest BCUT2D eigenvalue weighted by molar-refractivity contribution is 6.02. The van der Waals surface area contributed by atoms with Crippen LogP contribution in [0.3, 0.4) is 0 Å². The molecule has 1 fully saturated rings. The fraction of sp³-hybridized carbons (Fsp3) is 0.357. The number of hydrogen-bond acceptors (Lipinski definition) is 4. The zero-order valence-corrected chi connectivity index (χ0v) is 21.7. The van der Waals surface area contributed by atoms with Gasteiger partial charge in [0.15, 0.2) is 0 Å². The van der Waals surface area contributed by atoms with Crippen molar-refractivity contribution in [3.8, 4) is 11.1 Å². The van der Waals surface area contributed by atoms with Gasteiger partial charge in [-0.1, -0.05) is 24.3 Å². The summed E-state index contributed by atoms with van der Waals surface area (Å²) in [7, 11) is 2.03. The number of nitrogens with one attached hydrogen (secondary N) is 1. The molecule has 1 N–H and O–H groups in total. The van der Waals surface area contributed by atoms with Gasteiger partial charge in [-0.05, 0) is 61.9 Å². The van der Waals surface area contributed by atoms with Crippen LogP contribution in [0.5, 0.6) is 0 Å². The number of aromatic nitrogens is 1. The van der Waals surface area contributed by atoms with Crippen LogP contribution in [0, 0.1) is 13.8 Å². The molecule has 4 rings (SSSR count). The zero-order chi connectivity index (χ0) is 28.5. The fourth-order valence-corrected chi connectivity index (χ4v) is 4.62. The summed E-state index contributed by atoms with van der Waals surface area (Å²) in [5.41, 5.74) is -0.300. The molecule has 39 heavy (non-hydrogen) atoms. The van der Waals surface area contributed by atoms with E-state index in [0.29, 0.717) is 29.2 Å². The van der Waals surface area contributed by atoms with Gasteiger partial charge < -0.3 is 15.1 Å². The van der Waals surface area contributed by atoms with Crippen LogP contribution in [-0.2, 0) is 18.9 Å². The fourth-order valence-electron chi connectivity index (χ4n) is 4.62. The number of rotatable bonds is 5. The summed E-state index contributed by atoms with van der Waals surface area (Å²) < 4.78 is 79.6. The van der Waals surface area contributed by atoms with E-state index in [2.05, 4.69) is 20.1 Å². The lowest BCUT2D eigenvalue weighted by molar-refractivity contribution is -0.143. The summed E-state index contributed by atoms with van der Waals surface area (Å²) in [6, 6.07) is 10.5. The molecule has 2 aromatic carbocycles. The molecule has 208 valence electrons. The summed E-state index contributed by atoms with van der Waals surface area (Å²) in [4.78, 5) is 22.4. The third-order valence-corrected chi connectivity index (χ3v) is 6.78. The number of nitrogens with zero attached hydrogens (tertiary/aromatic N) is 3. The molecule has 5 nitrogen and oxygen atoms in total. The number of benzene rings is 2. The maximum Gasteiger partial charge on any atom is 0.416 e. The van der Waals surface area contributed by atoms with Crippen molar-refractivity contribution in [3.63, 3.8) is 0 Å². The molecule has 1 saturated heterocycles. The van der Waals surface area contributed by atoms with Crippen LogP contribution < -0.4 is 10.2 Å². The monoisotopic (exact) mass is 550 g/mol. The number of pyridine rings is 1. The normalized spacial score (nSPS) is 14.9. The van der Waals surface area contributed by atoms with Gasteiger partial charge in [0.2, 0.25) is 0 Å². The van der Waals surface area contributed by atoms with Crippen molar-refractivity contribution in [1.29, 1.82) is 0 Å². The minimum atomic E-state index is -4.97.